The molecule has 1 heterocycles. The Morgan fingerprint density at radius 3 is 2.89 bits per heavy atom. The highest BCUT2D eigenvalue weighted by Crippen LogP contribution is 2.42. The van der Waals surface area contributed by atoms with Gasteiger partial charge in [-0.3, -0.25) is 0 Å². The van der Waals surface area contributed by atoms with Gasteiger partial charge < -0.3 is 4.57 Å². The van der Waals surface area contributed by atoms with Crippen molar-refractivity contribution in [3.63, 3.8) is 0 Å². The predicted molar refractivity (Wildman–Crippen MR) is 33.9 cm³/mol. The van der Waals surface area contributed by atoms with Gasteiger partial charge in [0.1, 0.15) is 6.20 Å². The maximum absolute atomic E-state index is 3.87. The van der Waals surface area contributed by atoms with Gasteiger partial charge in [0.15, 0.2) is 0 Å². The summed E-state index contributed by atoms with van der Waals surface area (Å²) >= 11 is 0. The smallest absolute Gasteiger partial charge is 0.108 e. The molecule has 0 unspecified atom stereocenters. The number of imidazole rings is 1. The van der Waals surface area contributed by atoms with Crippen LogP contribution in [0.3, 0.4) is 0 Å². The van der Waals surface area contributed by atoms with Crippen LogP contribution in [-0.2, 0) is 5.54 Å². The van der Waals surface area contributed by atoms with Gasteiger partial charge in [0.25, 0.3) is 0 Å². The Morgan fingerprint density at radius 2 is 2.44 bits per heavy atom. The zero-order valence-electron chi connectivity index (χ0n) is 5.46. The standard InChI is InChI=1S/C7H9N2/c1-7(2-3-7)9-5-4-8-6-9/h5-6H,2-3H2,1H3. The first-order valence-corrected chi connectivity index (χ1v) is 3.22. The minimum absolute atomic E-state index is 0.396. The van der Waals surface area contributed by atoms with Crippen LogP contribution < -0.4 is 0 Å². The van der Waals surface area contributed by atoms with Crippen molar-refractivity contribution in [2.75, 3.05) is 0 Å². The molecule has 1 fully saturated rings. The fraction of sp³-hybridized carbons (Fsp3) is 0.571. The molecule has 9 heavy (non-hydrogen) atoms. The van der Waals surface area contributed by atoms with Gasteiger partial charge >= 0.3 is 0 Å². The molecule has 2 rings (SSSR count). The van der Waals surface area contributed by atoms with Gasteiger partial charge in [0.2, 0.25) is 0 Å². The third-order valence-electron chi connectivity index (χ3n) is 2.05. The van der Waals surface area contributed by atoms with Crippen LogP contribution in [0.15, 0.2) is 12.5 Å². The summed E-state index contributed by atoms with van der Waals surface area (Å²) in [5.41, 5.74) is 0.396. The van der Waals surface area contributed by atoms with Crippen molar-refractivity contribution in [3.05, 3.63) is 18.7 Å². The van der Waals surface area contributed by atoms with E-state index in [4.69, 9.17) is 0 Å². The van der Waals surface area contributed by atoms with E-state index in [0.717, 1.165) is 0 Å². The Labute approximate surface area is 54.5 Å². The molecule has 1 saturated carbocycles. The summed E-state index contributed by atoms with van der Waals surface area (Å²) in [7, 11) is 0. The Bertz CT molecular complexity index is 197. The van der Waals surface area contributed by atoms with Crippen molar-refractivity contribution in [3.8, 4) is 0 Å². The minimum atomic E-state index is 0.396. The summed E-state index contributed by atoms with van der Waals surface area (Å²) in [5.74, 6) is 0. The summed E-state index contributed by atoms with van der Waals surface area (Å²) in [6, 6.07) is 0. The number of aromatic nitrogens is 2. The van der Waals surface area contributed by atoms with Gasteiger partial charge in [-0.25, -0.2) is 4.98 Å². The minimum Gasteiger partial charge on any atom is -0.331 e. The van der Waals surface area contributed by atoms with Crippen LogP contribution >= 0.6 is 0 Å². The van der Waals surface area contributed by atoms with E-state index in [1.54, 1.807) is 0 Å². The molecular formula is C7H9N2. The maximum Gasteiger partial charge on any atom is 0.108 e. The van der Waals surface area contributed by atoms with E-state index in [1.807, 2.05) is 12.5 Å². The summed E-state index contributed by atoms with van der Waals surface area (Å²) < 4.78 is 2.13. The second kappa shape index (κ2) is 1.38. The SMILES string of the molecule is CC1(n2c[c]nc2)CC1. The van der Waals surface area contributed by atoms with Crippen molar-refractivity contribution in [1.29, 1.82) is 0 Å². The number of hydrogen-bond acceptors (Lipinski definition) is 1. The first-order valence-electron chi connectivity index (χ1n) is 3.22. The Hall–Kier alpha value is -0.790. The molecular weight excluding hydrogens is 112 g/mol. The van der Waals surface area contributed by atoms with Gasteiger partial charge in [0, 0.05) is 11.7 Å². The molecule has 0 N–H and O–H groups in total. The van der Waals surface area contributed by atoms with E-state index in [-0.39, 0.29) is 0 Å². The predicted octanol–water partition coefficient (Wildman–Crippen LogP) is 1.19. The first-order chi connectivity index (χ1) is 4.31. The molecule has 0 amide bonds. The molecule has 0 bridgehead atoms. The van der Waals surface area contributed by atoms with Crippen LogP contribution in [0.1, 0.15) is 19.8 Å². The monoisotopic (exact) mass is 121 g/mol. The number of nitrogens with zero attached hydrogens (tertiary/aromatic N) is 2. The summed E-state index contributed by atoms with van der Waals surface area (Å²) in [4.78, 5) is 3.87. The highest BCUT2D eigenvalue weighted by atomic mass is 15.1. The molecule has 0 atom stereocenters. The van der Waals surface area contributed by atoms with Crippen LogP contribution in [0.4, 0.5) is 0 Å². The largest absolute Gasteiger partial charge is 0.331 e. The molecule has 0 saturated heterocycles. The van der Waals surface area contributed by atoms with Crippen molar-refractivity contribution >= 4 is 0 Å². The summed E-state index contributed by atoms with van der Waals surface area (Å²) in [5, 5.41) is 0. The summed E-state index contributed by atoms with van der Waals surface area (Å²) in [6.07, 6.45) is 9.12. The lowest BCUT2D eigenvalue weighted by Gasteiger charge is -2.07. The molecule has 0 aliphatic heterocycles. The molecule has 47 valence electrons. The number of rotatable bonds is 1. The maximum atomic E-state index is 3.87. The van der Waals surface area contributed by atoms with Crippen molar-refractivity contribution in [2.45, 2.75) is 25.3 Å². The molecule has 0 spiro atoms. The van der Waals surface area contributed by atoms with Crippen LogP contribution in [0.5, 0.6) is 0 Å². The fourth-order valence-corrected chi connectivity index (χ4v) is 0.959. The van der Waals surface area contributed by atoms with Crippen molar-refractivity contribution in [2.24, 2.45) is 0 Å². The van der Waals surface area contributed by atoms with Crippen LogP contribution in [-0.4, -0.2) is 9.55 Å². The van der Waals surface area contributed by atoms with E-state index in [2.05, 4.69) is 22.7 Å². The van der Waals surface area contributed by atoms with E-state index in [9.17, 15) is 0 Å². The highest BCUT2D eigenvalue weighted by Gasteiger charge is 2.38. The third kappa shape index (κ3) is 0.661. The lowest BCUT2D eigenvalue weighted by molar-refractivity contribution is 0.532. The van der Waals surface area contributed by atoms with Crippen LogP contribution in [0.2, 0.25) is 0 Å². The van der Waals surface area contributed by atoms with Crippen molar-refractivity contribution < 1.29 is 0 Å². The van der Waals surface area contributed by atoms with Crippen molar-refractivity contribution in [1.82, 2.24) is 9.55 Å². The molecule has 0 aromatic carbocycles. The second-order valence-corrected chi connectivity index (χ2v) is 2.91. The third-order valence-corrected chi connectivity index (χ3v) is 2.05. The lowest BCUT2D eigenvalue weighted by Crippen LogP contribution is -2.08. The molecule has 1 aliphatic carbocycles. The van der Waals surface area contributed by atoms with E-state index < -0.39 is 0 Å². The molecule has 1 aromatic heterocycles. The Kier molecular flexibility index (Phi) is 0.770. The zero-order valence-corrected chi connectivity index (χ0v) is 5.46. The second-order valence-electron chi connectivity index (χ2n) is 2.91. The van der Waals surface area contributed by atoms with Gasteiger partial charge in [-0.15, -0.1) is 0 Å². The van der Waals surface area contributed by atoms with E-state index in [0.29, 0.717) is 5.54 Å². The van der Waals surface area contributed by atoms with Crippen LogP contribution in [0, 0.1) is 6.20 Å². The lowest BCUT2D eigenvalue weighted by atomic mass is 10.3. The molecule has 1 radical (unpaired) electrons. The first kappa shape index (κ1) is 5.03. The van der Waals surface area contributed by atoms with E-state index >= 15 is 0 Å². The fourth-order valence-electron chi connectivity index (χ4n) is 0.959. The Morgan fingerprint density at radius 1 is 1.67 bits per heavy atom. The molecule has 2 nitrogen and oxygen atoms in total. The van der Waals surface area contributed by atoms with Gasteiger partial charge in [0.05, 0.1) is 6.33 Å². The Balaban J connectivity index is 2.34. The quantitative estimate of drug-likeness (QED) is 0.545. The topological polar surface area (TPSA) is 17.8 Å². The van der Waals surface area contributed by atoms with Gasteiger partial charge in [-0.05, 0) is 19.8 Å². The molecule has 1 aliphatic rings. The highest BCUT2D eigenvalue weighted by molar-refractivity contribution is 4.98. The summed E-state index contributed by atoms with van der Waals surface area (Å²) in [6.45, 7) is 2.24. The average Bonchev–Trinajstić information content (AvgIpc) is 2.46. The van der Waals surface area contributed by atoms with Crippen LogP contribution in [0.25, 0.3) is 0 Å². The normalized spacial score (nSPS) is 21.9. The van der Waals surface area contributed by atoms with Gasteiger partial charge in [-0.2, -0.15) is 0 Å². The zero-order chi connectivity index (χ0) is 6.32. The van der Waals surface area contributed by atoms with Gasteiger partial charge in [-0.1, -0.05) is 0 Å². The molecule has 1 aromatic rings. The number of hydrogen-bond donors (Lipinski definition) is 0. The average molecular weight is 121 g/mol. The van der Waals surface area contributed by atoms with E-state index in [1.165, 1.54) is 12.8 Å². The molecule has 2 heteroatoms.